The van der Waals surface area contributed by atoms with Crippen molar-refractivity contribution in [2.45, 2.75) is 18.6 Å². The molecule has 6 nitrogen and oxygen atoms in total. The number of guanidine groups is 1. The molecule has 1 aromatic carbocycles. The van der Waals surface area contributed by atoms with E-state index in [1.54, 1.807) is 20.9 Å². The third-order valence-electron chi connectivity index (χ3n) is 4.00. The number of nitrogens with one attached hydrogen (secondary N) is 1. The average molecular weight is 546 g/mol. The van der Waals surface area contributed by atoms with Gasteiger partial charge in [-0.25, -0.2) is 8.42 Å². The van der Waals surface area contributed by atoms with Crippen molar-refractivity contribution in [1.29, 1.82) is 0 Å². The molecule has 1 fully saturated rings. The third kappa shape index (κ3) is 5.99. The molecule has 0 unspecified atom stereocenters. The summed E-state index contributed by atoms with van der Waals surface area (Å²) in [5, 5.41) is 3.23. The molecule has 1 heterocycles. The van der Waals surface area contributed by atoms with Crippen LogP contribution in [-0.4, -0.2) is 63.1 Å². The lowest BCUT2D eigenvalue weighted by molar-refractivity contribution is 0.313. The fourth-order valence-corrected chi connectivity index (χ4v) is 4.29. The highest BCUT2D eigenvalue weighted by Crippen LogP contribution is 2.23. The first kappa shape index (κ1) is 22.5. The SMILES string of the molecule is CN=C(NCCOc1cccc(Br)c1)N1CCS(=O)(=O)C(C)(C)C1.I. The Morgan fingerprint density at radius 3 is 2.76 bits per heavy atom. The van der Waals surface area contributed by atoms with Gasteiger partial charge in [0.15, 0.2) is 15.8 Å². The number of hydrogen-bond acceptors (Lipinski definition) is 4. The molecular weight excluding hydrogens is 521 g/mol. The second-order valence-corrected chi connectivity index (χ2v) is 9.94. The van der Waals surface area contributed by atoms with Crippen molar-refractivity contribution in [3.63, 3.8) is 0 Å². The van der Waals surface area contributed by atoms with Crippen LogP contribution in [0.3, 0.4) is 0 Å². The summed E-state index contributed by atoms with van der Waals surface area (Å²) in [5.74, 6) is 1.65. The number of hydrogen-bond donors (Lipinski definition) is 1. The minimum absolute atomic E-state index is 0. The van der Waals surface area contributed by atoms with Crippen molar-refractivity contribution in [2.75, 3.05) is 39.0 Å². The molecule has 0 aromatic heterocycles. The maximum absolute atomic E-state index is 12.1. The van der Waals surface area contributed by atoms with Gasteiger partial charge in [0.2, 0.25) is 0 Å². The molecule has 0 spiro atoms. The minimum atomic E-state index is -3.05. The first-order valence-corrected chi connectivity index (χ1v) is 10.3. The zero-order chi connectivity index (χ0) is 17.8. The van der Waals surface area contributed by atoms with Gasteiger partial charge in [-0.1, -0.05) is 22.0 Å². The van der Waals surface area contributed by atoms with Crippen LogP contribution in [0.25, 0.3) is 0 Å². The molecule has 9 heteroatoms. The Kier molecular flexibility index (Phi) is 8.46. The summed E-state index contributed by atoms with van der Waals surface area (Å²) in [7, 11) is -1.35. The predicted molar refractivity (Wildman–Crippen MR) is 116 cm³/mol. The maximum Gasteiger partial charge on any atom is 0.193 e. The van der Waals surface area contributed by atoms with Crippen molar-refractivity contribution in [3.8, 4) is 5.75 Å². The summed E-state index contributed by atoms with van der Waals surface area (Å²) in [6, 6.07) is 7.67. The van der Waals surface area contributed by atoms with Crippen molar-refractivity contribution in [2.24, 2.45) is 4.99 Å². The zero-order valence-corrected chi connectivity index (χ0v) is 19.4. The van der Waals surface area contributed by atoms with E-state index in [-0.39, 0.29) is 29.7 Å². The summed E-state index contributed by atoms with van der Waals surface area (Å²) in [6.45, 7) is 5.49. The molecule has 1 aliphatic rings. The van der Waals surface area contributed by atoms with E-state index in [1.807, 2.05) is 29.2 Å². The lowest BCUT2D eigenvalue weighted by Gasteiger charge is -2.39. The highest BCUT2D eigenvalue weighted by atomic mass is 127. The van der Waals surface area contributed by atoms with Crippen LogP contribution in [-0.2, 0) is 9.84 Å². The maximum atomic E-state index is 12.1. The molecular formula is C16H25BrIN3O3S. The van der Waals surface area contributed by atoms with E-state index in [4.69, 9.17) is 4.74 Å². The van der Waals surface area contributed by atoms with Crippen LogP contribution in [0.2, 0.25) is 0 Å². The van der Waals surface area contributed by atoms with Gasteiger partial charge in [0.05, 0.1) is 17.0 Å². The number of sulfone groups is 1. The summed E-state index contributed by atoms with van der Waals surface area (Å²) in [4.78, 5) is 6.24. The number of halogens is 2. The van der Waals surface area contributed by atoms with Crippen LogP contribution in [0.15, 0.2) is 33.7 Å². The smallest absolute Gasteiger partial charge is 0.193 e. The molecule has 25 heavy (non-hydrogen) atoms. The van der Waals surface area contributed by atoms with Crippen LogP contribution in [0.4, 0.5) is 0 Å². The predicted octanol–water partition coefficient (Wildman–Crippen LogP) is 2.53. The number of benzene rings is 1. The standard InChI is InChI=1S/C16H24BrN3O3S.HI/c1-16(2)12-20(8-10-24(16,21)22)15(18-3)19-7-9-23-14-6-4-5-13(17)11-14;/h4-6,11H,7-10,12H2,1-3H3,(H,18,19);1H. The summed E-state index contributed by atoms with van der Waals surface area (Å²) < 4.78 is 30.1. The van der Waals surface area contributed by atoms with E-state index in [0.29, 0.717) is 32.2 Å². The third-order valence-corrected chi connectivity index (χ3v) is 7.03. The van der Waals surface area contributed by atoms with E-state index in [1.165, 1.54) is 0 Å². The molecule has 1 aliphatic heterocycles. The van der Waals surface area contributed by atoms with Gasteiger partial charge in [0.1, 0.15) is 12.4 Å². The van der Waals surface area contributed by atoms with E-state index < -0.39 is 14.6 Å². The Hall–Kier alpha value is -0.550. The monoisotopic (exact) mass is 545 g/mol. The first-order chi connectivity index (χ1) is 11.2. The van der Waals surface area contributed by atoms with Crippen LogP contribution in [0, 0.1) is 0 Å². The van der Waals surface area contributed by atoms with Crippen molar-refractivity contribution in [1.82, 2.24) is 10.2 Å². The Morgan fingerprint density at radius 1 is 1.44 bits per heavy atom. The lowest BCUT2D eigenvalue weighted by Crippen LogP contribution is -2.57. The fraction of sp³-hybridized carbons (Fsp3) is 0.562. The average Bonchev–Trinajstić information content (AvgIpc) is 2.50. The van der Waals surface area contributed by atoms with E-state index in [2.05, 4.69) is 26.2 Å². The highest BCUT2D eigenvalue weighted by Gasteiger charge is 2.40. The van der Waals surface area contributed by atoms with Gasteiger partial charge in [0, 0.05) is 24.6 Å². The molecule has 0 aliphatic carbocycles. The fourth-order valence-electron chi connectivity index (χ4n) is 2.55. The van der Waals surface area contributed by atoms with Gasteiger partial charge >= 0.3 is 0 Å². The quantitative estimate of drug-likeness (QED) is 0.272. The van der Waals surface area contributed by atoms with Gasteiger partial charge in [-0.15, -0.1) is 24.0 Å². The van der Waals surface area contributed by atoms with E-state index >= 15 is 0 Å². The van der Waals surface area contributed by atoms with Gasteiger partial charge < -0.3 is 15.0 Å². The van der Waals surface area contributed by atoms with Crippen LogP contribution < -0.4 is 10.1 Å². The molecule has 1 saturated heterocycles. The summed E-state index contributed by atoms with van der Waals surface area (Å²) >= 11 is 3.41. The number of nitrogens with zero attached hydrogens (tertiary/aromatic N) is 2. The molecule has 0 amide bonds. The normalized spacial score (nSPS) is 19.0. The zero-order valence-electron chi connectivity index (χ0n) is 14.7. The molecule has 2 rings (SSSR count). The Balaban J connectivity index is 0.00000312. The second kappa shape index (κ2) is 9.40. The first-order valence-electron chi connectivity index (χ1n) is 7.81. The van der Waals surface area contributed by atoms with E-state index in [9.17, 15) is 8.42 Å². The van der Waals surface area contributed by atoms with Crippen molar-refractivity contribution in [3.05, 3.63) is 28.7 Å². The molecule has 1 N–H and O–H groups in total. The van der Waals surface area contributed by atoms with Gasteiger partial charge in [0.25, 0.3) is 0 Å². The second-order valence-electron chi connectivity index (χ2n) is 6.28. The highest BCUT2D eigenvalue weighted by molar-refractivity contribution is 14.0. The Morgan fingerprint density at radius 2 is 2.16 bits per heavy atom. The van der Waals surface area contributed by atoms with Gasteiger partial charge in [-0.05, 0) is 32.0 Å². The largest absolute Gasteiger partial charge is 0.492 e. The Bertz CT molecular complexity index is 710. The molecule has 0 bridgehead atoms. The lowest BCUT2D eigenvalue weighted by atomic mass is 10.2. The number of rotatable bonds is 4. The summed E-state index contributed by atoms with van der Waals surface area (Å²) in [5.41, 5.74) is 0. The summed E-state index contributed by atoms with van der Waals surface area (Å²) in [6.07, 6.45) is 0. The van der Waals surface area contributed by atoms with Crippen LogP contribution in [0.1, 0.15) is 13.8 Å². The molecule has 0 saturated carbocycles. The number of ether oxygens (including phenoxy) is 1. The molecule has 1 aromatic rings. The van der Waals surface area contributed by atoms with Crippen LogP contribution >= 0.6 is 39.9 Å². The number of aliphatic imine (C=N–C) groups is 1. The van der Waals surface area contributed by atoms with Gasteiger partial charge in [-0.3, -0.25) is 4.99 Å². The minimum Gasteiger partial charge on any atom is -0.492 e. The van der Waals surface area contributed by atoms with Crippen molar-refractivity contribution >= 4 is 55.7 Å². The van der Waals surface area contributed by atoms with Crippen LogP contribution in [0.5, 0.6) is 5.75 Å². The molecule has 0 atom stereocenters. The topological polar surface area (TPSA) is 71.0 Å². The van der Waals surface area contributed by atoms with Crippen molar-refractivity contribution < 1.29 is 13.2 Å². The molecule has 0 radical (unpaired) electrons. The molecule has 142 valence electrons. The van der Waals surface area contributed by atoms with Gasteiger partial charge in [-0.2, -0.15) is 0 Å². The van der Waals surface area contributed by atoms with E-state index in [0.717, 1.165) is 10.2 Å². The Labute approximate surface area is 175 Å².